The molecule has 1 N–H and O–H groups in total. The predicted molar refractivity (Wildman–Crippen MR) is 64.4 cm³/mol. The maximum atomic E-state index is 11.9. The molecule has 2 fully saturated rings. The van der Waals surface area contributed by atoms with Crippen LogP contribution in [-0.4, -0.2) is 61.5 Å². The maximum Gasteiger partial charge on any atom is 0.223 e. The average Bonchev–Trinajstić information content (AvgIpc) is 2.71. The Morgan fingerprint density at radius 3 is 2.62 bits per heavy atom. The second kappa shape index (κ2) is 6.21. The van der Waals surface area contributed by atoms with E-state index in [4.69, 9.17) is 0 Å². The third kappa shape index (κ3) is 3.46. The summed E-state index contributed by atoms with van der Waals surface area (Å²) >= 11 is 0. The molecule has 16 heavy (non-hydrogen) atoms. The third-order valence-electron chi connectivity index (χ3n) is 3.53. The van der Waals surface area contributed by atoms with Crippen molar-refractivity contribution in [2.24, 2.45) is 0 Å². The number of hydrogen-bond acceptors (Lipinski definition) is 3. The molecule has 0 saturated carbocycles. The molecule has 0 spiro atoms. The highest BCUT2D eigenvalue weighted by molar-refractivity contribution is 5.76. The third-order valence-corrected chi connectivity index (χ3v) is 3.53. The van der Waals surface area contributed by atoms with Crippen molar-refractivity contribution in [3.63, 3.8) is 0 Å². The number of carbonyl (C=O) groups excluding carboxylic acids is 1. The highest BCUT2D eigenvalue weighted by Crippen LogP contribution is 2.09. The summed E-state index contributed by atoms with van der Waals surface area (Å²) in [7, 11) is 0. The normalized spacial score (nSPS) is 23.4. The molecular weight excluding hydrogens is 202 g/mol. The van der Waals surface area contributed by atoms with Gasteiger partial charge in [-0.15, -0.1) is 0 Å². The molecule has 0 radical (unpaired) electrons. The fourth-order valence-electron chi connectivity index (χ4n) is 2.50. The van der Waals surface area contributed by atoms with Crippen LogP contribution in [0, 0.1) is 0 Å². The van der Waals surface area contributed by atoms with Gasteiger partial charge in [-0.1, -0.05) is 0 Å². The standard InChI is InChI=1S/C12H23N3O/c16-12(15-8-1-2-9-15)4-10-14-7-3-5-13-6-11-14/h13H,1-11H2. The lowest BCUT2D eigenvalue weighted by Crippen LogP contribution is -2.34. The van der Waals surface area contributed by atoms with Crippen molar-refractivity contribution in [3.8, 4) is 0 Å². The zero-order valence-electron chi connectivity index (χ0n) is 10.1. The van der Waals surface area contributed by atoms with Crippen LogP contribution in [0.1, 0.15) is 25.7 Å². The van der Waals surface area contributed by atoms with E-state index in [1.54, 1.807) is 0 Å². The van der Waals surface area contributed by atoms with E-state index in [0.717, 1.165) is 45.8 Å². The van der Waals surface area contributed by atoms with Gasteiger partial charge in [-0.2, -0.15) is 0 Å². The van der Waals surface area contributed by atoms with E-state index < -0.39 is 0 Å². The Kier molecular flexibility index (Phi) is 4.60. The second-order valence-electron chi connectivity index (χ2n) is 4.78. The van der Waals surface area contributed by atoms with Gasteiger partial charge in [-0.3, -0.25) is 4.79 Å². The fraction of sp³-hybridized carbons (Fsp3) is 0.917. The molecule has 2 heterocycles. The lowest BCUT2D eigenvalue weighted by Gasteiger charge is -2.21. The van der Waals surface area contributed by atoms with Crippen molar-refractivity contribution in [2.75, 3.05) is 45.8 Å². The van der Waals surface area contributed by atoms with Crippen LogP contribution in [0.5, 0.6) is 0 Å². The minimum absolute atomic E-state index is 0.356. The molecule has 0 aromatic rings. The quantitative estimate of drug-likeness (QED) is 0.750. The van der Waals surface area contributed by atoms with E-state index in [9.17, 15) is 4.79 Å². The Labute approximate surface area is 98.0 Å². The molecule has 2 aliphatic heterocycles. The molecule has 92 valence electrons. The minimum atomic E-state index is 0.356. The second-order valence-corrected chi connectivity index (χ2v) is 4.78. The molecule has 0 atom stereocenters. The van der Waals surface area contributed by atoms with Gasteiger partial charge >= 0.3 is 0 Å². The summed E-state index contributed by atoms with van der Waals surface area (Å²) in [4.78, 5) is 16.3. The summed E-state index contributed by atoms with van der Waals surface area (Å²) in [6.45, 7) is 7.33. The van der Waals surface area contributed by atoms with E-state index in [-0.39, 0.29) is 0 Å². The lowest BCUT2D eigenvalue weighted by molar-refractivity contribution is -0.130. The Morgan fingerprint density at radius 2 is 1.81 bits per heavy atom. The van der Waals surface area contributed by atoms with Crippen molar-refractivity contribution in [3.05, 3.63) is 0 Å². The van der Waals surface area contributed by atoms with Gasteiger partial charge in [0.15, 0.2) is 0 Å². The molecular formula is C12H23N3O. The largest absolute Gasteiger partial charge is 0.343 e. The molecule has 0 aliphatic carbocycles. The first-order chi connectivity index (χ1) is 7.86. The van der Waals surface area contributed by atoms with Crippen molar-refractivity contribution < 1.29 is 4.79 Å². The molecule has 4 nitrogen and oxygen atoms in total. The van der Waals surface area contributed by atoms with Crippen molar-refractivity contribution >= 4 is 5.91 Å². The first-order valence-electron chi connectivity index (χ1n) is 6.57. The number of likely N-dealkylation sites (tertiary alicyclic amines) is 1. The van der Waals surface area contributed by atoms with E-state index >= 15 is 0 Å². The molecule has 2 saturated heterocycles. The van der Waals surface area contributed by atoms with Crippen LogP contribution < -0.4 is 5.32 Å². The molecule has 0 bridgehead atoms. The maximum absolute atomic E-state index is 11.9. The van der Waals surface area contributed by atoms with Crippen molar-refractivity contribution in [1.29, 1.82) is 0 Å². The van der Waals surface area contributed by atoms with Gasteiger partial charge in [0.05, 0.1) is 0 Å². The van der Waals surface area contributed by atoms with Crippen molar-refractivity contribution in [2.45, 2.75) is 25.7 Å². The van der Waals surface area contributed by atoms with Gasteiger partial charge in [0, 0.05) is 39.1 Å². The number of nitrogens with zero attached hydrogens (tertiary/aromatic N) is 2. The van der Waals surface area contributed by atoms with E-state index in [1.165, 1.54) is 19.3 Å². The van der Waals surface area contributed by atoms with Crippen LogP contribution in [-0.2, 0) is 4.79 Å². The summed E-state index contributed by atoms with van der Waals surface area (Å²) in [6.07, 6.45) is 4.30. The molecule has 0 aromatic carbocycles. The summed E-state index contributed by atoms with van der Waals surface area (Å²) in [5.41, 5.74) is 0. The van der Waals surface area contributed by atoms with E-state index in [1.807, 2.05) is 4.90 Å². The Bertz CT molecular complexity index is 218. The summed E-state index contributed by atoms with van der Waals surface area (Å²) in [5.74, 6) is 0.356. The van der Waals surface area contributed by atoms with Crippen LogP contribution in [0.4, 0.5) is 0 Å². The van der Waals surface area contributed by atoms with Crippen LogP contribution in [0.25, 0.3) is 0 Å². The van der Waals surface area contributed by atoms with Gasteiger partial charge in [0.1, 0.15) is 0 Å². The molecule has 0 unspecified atom stereocenters. The topological polar surface area (TPSA) is 35.6 Å². The van der Waals surface area contributed by atoms with E-state index in [2.05, 4.69) is 10.2 Å². The highest BCUT2D eigenvalue weighted by atomic mass is 16.2. The first kappa shape index (κ1) is 11.9. The van der Waals surface area contributed by atoms with Gasteiger partial charge < -0.3 is 15.1 Å². The molecule has 1 amide bonds. The highest BCUT2D eigenvalue weighted by Gasteiger charge is 2.18. The fourth-order valence-corrected chi connectivity index (χ4v) is 2.50. The molecule has 2 rings (SSSR count). The Morgan fingerprint density at radius 1 is 1.00 bits per heavy atom. The average molecular weight is 225 g/mol. The minimum Gasteiger partial charge on any atom is -0.343 e. The SMILES string of the molecule is O=C(CCN1CCCNCC1)N1CCCC1. The van der Waals surface area contributed by atoms with Crippen molar-refractivity contribution in [1.82, 2.24) is 15.1 Å². The zero-order chi connectivity index (χ0) is 11.2. The monoisotopic (exact) mass is 225 g/mol. The Balaban J connectivity index is 1.67. The van der Waals surface area contributed by atoms with Crippen LogP contribution >= 0.6 is 0 Å². The molecule has 0 aromatic heterocycles. The summed E-state index contributed by atoms with van der Waals surface area (Å²) in [5, 5.41) is 3.38. The summed E-state index contributed by atoms with van der Waals surface area (Å²) in [6, 6.07) is 0. The smallest absolute Gasteiger partial charge is 0.223 e. The van der Waals surface area contributed by atoms with E-state index in [0.29, 0.717) is 12.3 Å². The number of amides is 1. The molecule has 4 heteroatoms. The van der Waals surface area contributed by atoms with Crippen LogP contribution in [0.15, 0.2) is 0 Å². The number of nitrogens with one attached hydrogen (secondary N) is 1. The summed E-state index contributed by atoms with van der Waals surface area (Å²) < 4.78 is 0. The van der Waals surface area contributed by atoms with Crippen LogP contribution in [0.2, 0.25) is 0 Å². The number of rotatable bonds is 3. The zero-order valence-corrected chi connectivity index (χ0v) is 10.1. The molecule has 2 aliphatic rings. The van der Waals surface area contributed by atoms with Gasteiger partial charge in [0.25, 0.3) is 0 Å². The van der Waals surface area contributed by atoms with Gasteiger partial charge in [-0.05, 0) is 32.4 Å². The first-order valence-corrected chi connectivity index (χ1v) is 6.57. The predicted octanol–water partition coefficient (Wildman–Crippen LogP) is 0.294. The van der Waals surface area contributed by atoms with Gasteiger partial charge in [0.2, 0.25) is 5.91 Å². The lowest BCUT2D eigenvalue weighted by atomic mass is 10.3. The Hall–Kier alpha value is -0.610. The van der Waals surface area contributed by atoms with Crippen LogP contribution in [0.3, 0.4) is 0 Å². The number of hydrogen-bond donors (Lipinski definition) is 1. The number of carbonyl (C=O) groups is 1. The van der Waals surface area contributed by atoms with Gasteiger partial charge in [-0.25, -0.2) is 0 Å².